The number of fused-ring (bicyclic) bond motifs is 1. The standard InChI is InChI=1S/C13H17N3O3S/c17-11(18)6-7-16(8-4-5-8)13(19)15-12-14-9-2-1-3-10(9)20-12/h8H,1-7H2,(H,17,18)(H,14,15,19). The number of carbonyl (C=O) groups excluding carboxylic acids is 1. The zero-order chi connectivity index (χ0) is 14.1. The molecule has 0 spiro atoms. The van der Waals surface area contributed by atoms with Gasteiger partial charge in [0.25, 0.3) is 0 Å². The third-order valence-corrected chi connectivity index (χ3v) is 4.70. The minimum atomic E-state index is -0.878. The molecule has 0 unspecified atom stereocenters. The molecule has 1 fully saturated rings. The Kier molecular flexibility index (Phi) is 3.60. The number of carbonyl (C=O) groups is 2. The van der Waals surface area contributed by atoms with Crippen LogP contribution in [0.15, 0.2) is 0 Å². The molecule has 1 aromatic heterocycles. The van der Waals surface area contributed by atoms with E-state index < -0.39 is 5.97 Å². The number of nitrogens with zero attached hydrogens (tertiary/aromatic N) is 2. The SMILES string of the molecule is O=C(O)CCN(C(=O)Nc1nc2c(s1)CCC2)C1CC1. The molecular formula is C13H17N3O3S. The average molecular weight is 295 g/mol. The molecule has 1 heterocycles. The highest BCUT2D eigenvalue weighted by Gasteiger charge is 2.33. The number of aryl methyl sites for hydroxylation is 2. The zero-order valence-corrected chi connectivity index (χ0v) is 11.9. The van der Waals surface area contributed by atoms with Crippen LogP contribution in [0.5, 0.6) is 0 Å². The van der Waals surface area contributed by atoms with Crippen LogP contribution >= 0.6 is 11.3 Å². The van der Waals surface area contributed by atoms with Crippen molar-refractivity contribution < 1.29 is 14.7 Å². The number of thiazole rings is 1. The molecule has 20 heavy (non-hydrogen) atoms. The lowest BCUT2D eigenvalue weighted by Gasteiger charge is -2.21. The molecule has 3 rings (SSSR count). The fourth-order valence-corrected chi connectivity index (χ4v) is 3.50. The van der Waals surface area contributed by atoms with E-state index >= 15 is 0 Å². The van der Waals surface area contributed by atoms with Crippen LogP contribution in [0, 0.1) is 0 Å². The first-order valence-electron chi connectivity index (χ1n) is 6.91. The summed E-state index contributed by atoms with van der Waals surface area (Å²) in [7, 11) is 0. The van der Waals surface area contributed by atoms with Crippen LogP contribution in [0.1, 0.15) is 36.3 Å². The van der Waals surface area contributed by atoms with Gasteiger partial charge >= 0.3 is 12.0 Å². The first kappa shape index (κ1) is 13.4. The molecular weight excluding hydrogens is 278 g/mol. The highest BCUT2D eigenvalue weighted by Crippen LogP contribution is 2.32. The second kappa shape index (κ2) is 5.40. The van der Waals surface area contributed by atoms with Crippen LogP contribution in [0.2, 0.25) is 0 Å². The Hall–Kier alpha value is -1.63. The van der Waals surface area contributed by atoms with Crippen LogP contribution in [-0.2, 0) is 17.6 Å². The summed E-state index contributed by atoms with van der Waals surface area (Å²) < 4.78 is 0. The number of aliphatic carboxylic acids is 1. The fraction of sp³-hybridized carbons (Fsp3) is 0.615. The number of aromatic nitrogens is 1. The minimum Gasteiger partial charge on any atom is -0.481 e. The first-order chi connectivity index (χ1) is 9.63. The molecule has 2 aliphatic carbocycles. The molecule has 0 saturated heterocycles. The first-order valence-corrected chi connectivity index (χ1v) is 7.73. The van der Waals surface area contributed by atoms with Crippen molar-refractivity contribution in [1.29, 1.82) is 0 Å². The highest BCUT2D eigenvalue weighted by atomic mass is 32.1. The molecule has 2 aliphatic rings. The lowest BCUT2D eigenvalue weighted by atomic mass is 10.4. The molecule has 1 saturated carbocycles. The summed E-state index contributed by atoms with van der Waals surface area (Å²) >= 11 is 1.54. The summed E-state index contributed by atoms with van der Waals surface area (Å²) in [5.41, 5.74) is 1.11. The smallest absolute Gasteiger partial charge is 0.323 e. The van der Waals surface area contributed by atoms with Crippen molar-refractivity contribution in [2.45, 2.75) is 44.6 Å². The largest absolute Gasteiger partial charge is 0.481 e. The molecule has 2 amide bonds. The number of urea groups is 1. The second-order valence-corrected chi connectivity index (χ2v) is 6.32. The molecule has 0 atom stereocenters. The summed E-state index contributed by atoms with van der Waals surface area (Å²) in [4.78, 5) is 30.2. The van der Waals surface area contributed by atoms with Gasteiger partial charge in [-0.2, -0.15) is 0 Å². The molecule has 0 aromatic carbocycles. The molecule has 108 valence electrons. The molecule has 7 heteroatoms. The quantitative estimate of drug-likeness (QED) is 0.871. The van der Waals surface area contributed by atoms with Crippen molar-refractivity contribution in [2.24, 2.45) is 0 Å². The van der Waals surface area contributed by atoms with Crippen LogP contribution in [0.25, 0.3) is 0 Å². The lowest BCUT2D eigenvalue weighted by molar-refractivity contribution is -0.137. The van der Waals surface area contributed by atoms with Gasteiger partial charge in [0.15, 0.2) is 5.13 Å². The molecule has 6 nitrogen and oxygen atoms in total. The summed E-state index contributed by atoms with van der Waals surface area (Å²) in [6, 6.07) is -0.0256. The van der Waals surface area contributed by atoms with Gasteiger partial charge in [0.05, 0.1) is 12.1 Å². The van der Waals surface area contributed by atoms with E-state index in [1.807, 2.05) is 0 Å². The van der Waals surface area contributed by atoms with Crippen molar-refractivity contribution >= 4 is 28.5 Å². The number of hydrogen-bond acceptors (Lipinski definition) is 4. The Morgan fingerprint density at radius 1 is 1.40 bits per heavy atom. The van der Waals surface area contributed by atoms with E-state index in [0.29, 0.717) is 5.13 Å². The Balaban J connectivity index is 1.62. The van der Waals surface area contributed by atoms with Gasteiger partial charge < -0.3 is 10.0 Å². The van der Waals surface area contributed by atoms with Crippen molar-refractivity contribution in [3.8, 4) is 0 Å². The van der Waals surface area contributed by atoms with Gasteiger partial charge in [0.2, 0.25) is 0 Å². The molecule has 1 aromatic rings. The number of hydrogen-bond donors (Lipinski definition) is 2. The third kappa shape index (κ3) is 2.92. The molecule has 2 N–H and O–H groups in total. The minimum absolute atomic E-state index is 0.0156. The van der Waals surface area contributed by atoms with E-state index in [9.17, 15) is 9.59 Å². The Morgan fingerprint density at radius 3 is 2.85 bits per heavy atom. The van der Waals surface area contributed by atoms with Gasteiger partial charge in [-0.15, -0.1) is 11.3 Å². The summed E-state index contributed by atoms with van der Waals surface area (Å²) in [5.74, 6) is -0.878. The van der Waals surface area contributed by atoms with Gasteiger partial charge in [-0.05, 0) is 32.1 Å². The molecule has 0 bridgehead atoms. The zero-order valence-electron chi connectivity index (χ0n) is 11.1. The van der Waals surface area contributed by atoms with E-state index in [-0.39, 0.29) is 25.0 Å². The maximum Gasteiger partial charge on any atom is 0.323 e. The monoisotopic (exact) mass is 295 g/mol. The number of carboxylic acids is 1. The van der Waals surface area contributed by atoms with Gasteiger partial charge in [-0.25, -0.2) is 9.78 Å². The number of amides is 2. The van der Waals surface area contributed by atoms with Gasteiger partial charge in [0.1, 0.15) is 0 Å². The van der Waals surface area contributed by atoms with Crippen molar-refractivity contribution in [1.82, 2.24) is 9.88 Å². The van der Waals surface area contributed by atoms with Crippen LogP contribution < -0.4 is 5.32 Å². The molecule has 0 aliphatic heterocycles. The molecule has 0 radical (unpaired) electrons. The van der Waals surface area contributed by atoms with Gasteiger partial charge in [0, 0.05) is 17.5 Å². The predicted octanol–water partition coefficient (Wildman–Crippen LogP) is 2.10. The van der Waals surface area contributed by atoms with E-state index in [1.54, 1.807) is 4.90 Å². The van der Waals surface area contributed by atoms with Gasteiger partial charge in [-0.1, -0.05) is 0 Å². The van der Waals surface area contributed by atoms with E-state index in [4.69, 9.17) is 5.11 Å². The Morgan fingerprint density at radius 2 is 2.20 bits per heavy atom. The van der Waals surface area contributed by atoms with Crippen molar-refractivity contribution in [2.75, 3.05) is 11.9 Å². The van der Waals surface area contributed by atoms with Crippen molar-refractivity contribution in [3.63, 3.8) is 0 Å². The van der Waals surface area contributed by atoms with Crippen LogP contribution in [-0.4, -0.2) is 39.6 Å². The normalized spacial score (nSPS) is 16.8. The number of anilines is 1. The average Bonchev–Trinajstić information content (AvgIpc) is 2.99. The Bertz CT molecular complexity index is 517. The number of carboxylic acid groups (broad SMARTS) is 1. The van der Waals surface area contributed by atoms with Crippen LogP contribution in [0.3, 0.4) is 0 Å². The van der Waals surface area contributed by atoms with Crippen molar-refractivity contribution in [3.05, 3.63) is 10.6 Å². The Labute approximate surface area is 120 Å². The number of nitrogens with one attached hydrogen (secondary N) is 1. The second-order valence-electron chi connectivity index (χ2n) is 5.24. The van der Waals surface area contributed by atoms with Gasteiger partial charge in [-0.3, -0.25) is 10.1 Å². The van der Waals surface area contributed by atoms with E-state index in [0.717, 1.165) is 37.8 Å². The maximum atomic E-state index is 12.2. The lowest BCUT2D eigenvalue weighted by Crippen LogP contribution is -2.38. The van der Waals surface area contributed by atoms with Crippen LogP contribution in [0.4, 0.5) is 9.93 Å². The van der Waals surface area contributed by atoms with E-state index in [2.05, 4.69) is 10.3 Å². The number of rotatable bonds is 5. The van der Waals surface area contributed by atoms with E-state index in [1.165, 1.54) is 16.2 Å². The predicted molar refractivity (Wildman–Crippen MR) is 75.1 cm³/mol. The summed E-state index contributed by atoms with van der Waals surface area (Å²) in [6.07, 6.45) is 5.09. The maximum absolute atomic E-state index is 12.2. The summed E-state index contributed by atoms with van der Waals surface area (Å²) in [5, 5.41) is 12.2. The summed E-state index contributed by atoms with van der Waals surface area (Å²) in [6.45, 7) is 0.261. The third-order valence-electron chi connectivity index (χ3n) is 3.62. The topological polar surface area (TPSA) is 82.5 Å². The fourth-order valence-electron chi connectivity index (χ4n) is 2.46. The highest BCUT2D eigenvalue weighted by molar-refractivity contribution is 7.15.